The molecule has 0 fully saturated rings. The molecule has 2 unspecified atom stereocenters. The first-order chi connectivity index (χ1) is 9.02. The summed E-state index contributed by atoms with van der Waals surface area (Å²) in [6.07, 6.45) is 2.02. The number of carbonyl (C=O) groups excluding carboxylic acids is 2. The highest BCUT2D eigenvalue weighted by Crippen LogP contribution is 2.23. The molecule has 5 heteroatoms. The van der Waals surface area contributed by atoms with Crippen molar-refractivity contribution in [2.75, 3.05) is 7.11 Å². The van der Waals surface area contributed by atoms with Crippen molar-refractivity contribution < 1.29 is 14.3 Å². The molecule has 0 heterocycles. The quantitative estimate of drug-likeness (QED) is 0.862. The fourth-order valence-corrected chi connectivity index (χ4v) is 2.45. The van der Waals surface area contributed by atoms with Gasteiger partial charge < -0.3 is 10.5 Å². The summed E-state index contributed by atoms with van der Waals surface area (Å²) in [6.45, 7) is 1.77. The van der Waals surface area contributed by atoms with Crippen LogP contribution in [0.15, 0.2) is 18.2 Å². The number of esters is 1. The van der Waals surface area contributed by atoms with Crippen LogP contribution in [0.1, 0.15) is 34.8 Å². The molecule has 0 saturated carbocycles. The van der Waals surface area contributed by atoms with Crippen molar-refractivity contribution in [3.05, 3.63) is 34.9 Å². The van der Waals surface area contributed by atoms with Crippen LogP contribution in [0.25, 0.3) is 0 Å². The Labute approximate surface area is 125 Å². The molecule has 0 spiro atoms. The van der Waals surface area contributed by atoms with Crippen molar-refractivity contribution in [3.63, 3.8) is 0 Å². The fourth-order valence-electron chi connectivity index (χ4n) is 2.45. The summed E-state index contributed by atoms with van der Waals surface area (Å²) in [7, 11) is 1.37. The zero-order valence-corrected chi connectivity index (χ0v) is 12.5. The first-order valence-electron chi connectivity index (χ1n) is 6.51. The fraction of sp³-hybridized carbons (Fsp3) is 0.467. The van der Waals surface area contributed by atoms with E-state index in [9.17, 15) is 9.59 Å². The number of ether oxygens (including phenoxy) is 1. The van der Waals surface area contributed by atoms with Crippen LogP contribution in [-0.2, 0) is 22.4 Å². The van der Waals surface area contributed by atoms with Gasteiger partial charge in [0.15, 0.2) is 5.78 Å². The third kappa shape index (κ3) is 3.38. The summed E-state index contributed by atoms with van der Waals surface area (Å²) in [4.78, 5) is 23.0. The summed E-state index contributed by atoms with van der Waals surface area (Å²) >= 11 is 0. The first kappa shape index (κ1) is 16.7. The van der Waals surface area contributed by atoms with Crippen LogP contribution in [0.4, 0.5) is 0 Å². The van der Waals surface area contributed by atoms with Crippen LogP contribution in [0, 0.1) is 5.92 Å². The Hall–Kier alpha value is -1.39. The monoisotopic (exact) mass is 297 g/mol. The van der Waals surface area contributed by atoms with Crippen molar-refractivity contribution in [2.45, 2.75) is 32.2 Å². The Balaban J connectivity index is 0.00000200. The second-order valence-corrected chi connectivity index (χ2v) is 5.09. The molecular formula is C15H20ClNO3. The second-order valence-electron chi connectivity index (χ2n) is 5.09. The molecule has 2 N–H and O–H groups in total. The van der Waals surface area contributed by atoms with Gasteiger partial charge in [-0.1, -0.05) is 25.1 Å². The van der Waals surface area contributed by atoms with Gasteiger partial charge in [0.2, 0.25) is 0 Å². The lowest BCUT2D eigenvalue weighted by Gasteiger charge is -2.18. The van der Waals surface area contributed by atoms with E-state index < -0.39 is 0 Å². The molecule has 110 valence electrons. The van der Waals surface area contributed by atoms with Crippen LogP contribution in [0.5, 0.6) is 0 Å². The predicted octanol–water partition coefficient (Wildman–Crippen LogP) is 1.92. The molecular weight excluding hydrogens is 278 g/mol. The van der Waals surface area contributed by atoms with Gasteiger partial charge in [0, 0.05) is 18.0 Å². The van der Waals surface area contributed by atoms with Gasteiger partial charge in [-0.05, 0) is 24.0 Å². The summed E-state index contributed by atoms with van der Waals surface area (Å²) in [6, 6.07) is 5.55. The number of nitrogens with two attached hydrogens (primary N) is 1. The van der Waals surface area contributed by atoms with Gasteiger partial charge in [-0.25, -0.2) is 0 Å². The molecule has 0 bridgehead atoms. The molecule has 0 aliphatic heterocycles. The van der Waals surface area contributed by atoms with Gasteiger partial charge in [-0.15, -0.1) is 12.4 Å². The van der Waals surface area contributed by atoms with Crippen molar-refractivity contribution in [2.24, 2.45) is 11.7 Å². The van der Waals surface area contributed by atoms with Gasteiger partial charge in [-0.2, -0.15) is 0 Å². The number of carbonyl (C=O) groups is 2. The summed E-state index contributed by atoms with van der Waals surface area (Å²) in [5.41, 5.74) is 9.03. The van der Waals surface area contributed by atoms with Gasteiger partial charge in [0.25, 0.3) is 0 Å². The molecule has 1 aliphatic rings. The highest BCUT2D eigenvalue weighted by atomic mass is 35.5. The molecule has 0 radical (unpaired) electrons. The number of halogens is 1. The average Bonchev–Trinajstić information content (AvgIpc) is 2.78. The van der Waals surface area contributed by atoms with Gasteiger partial charge in [0.05, 0.1) is 13.0 Å². The topological polar surface area (TPSA) is 69.4 Å². The van der Waals surface area contributed by atoms with Gasteiger partial charge in [0.1, 0.15) is 0 Å². The van der Waals surface area contributed by atoms with E-state index in [0.29, 0.717) is 12.8 Å². The van der Waals surface area contributed by atoms with Crippen LogP contribution in [-0.4, -0.2) is 24.9 Å². The molecule has 20 heavy (non-hydrogen) atoms. The molecule has 4 nitrogen and oxygen atoms in total. The SMILES string of the molecule is COC(=O)C(C)C(N)Cc1ccc2c(c1)CCC2=O.Cl. The van der Waals surface area contributed by atoms with E-state index in [0.717, 1.165) is 23.1 Å². The van der Waals surface area contributed by atoms with E-state index in [1.165, 1.54) is 7.11 Å². The summed E-state index contributed by atoms with van der Waals surface area (Å²) in [5, 5.41) is 0. The molecule has 1 aromatic rings. The van der Waals surface area contributed by atoms with Crippen LogP contribution in [0.3, 0.4) is 0 Å². The smallest absolute Gasteiger partial charge is 0.309 e. The minimum atomic E-state index is -0.333. The third-order valence-electron chi connectivity index (χ3n) is 3.78. The number of benzene rings is 1. The van der Waals surface area contributed by atoms with Crippen molar-refractivity contribution in [3.8, 4) is 0 Å². The summed E-state index contributed by atoms with van der Waals surface area (Å²) < 4.78 is 4.70. The number of hydrogen-bond donors (Lipinski definition) is 1. The minimum absolute atomic E-state index is 0. The van der Waals surface area contributed by atoms with E-state index in [1.807, 2.05) is 18.2 Å². The number of methoxy groups -OCH3 is 1. The van der Waals surface area contributed by atoms with Crippen LogP contribution in [0.2, 0.25) is 0 Å². The summed E-state index contributed by atoms with van der Waals surface area (Å²) in [5.74, 6) is -0.405. The predicted molar refractivity (Wildman–Crippen MR) is 79.2 cm³/mol. The number of Topliss-reactive ketones (excluding diaryl/α,β-unsaturated/α-hetero) is 1. The average molecular weight is 298 g/mol. The molecule has 2 rings (SSSR count). The second kappa shape index (κ2) is 6.86. The van der Waals surface area contributed by atoms with Crippen LogP contribution >= 0.6 is 12.4 Å². The van der Waals surface area contributed by atoms with Gasteiger partial charge in [-0.3, -0.25) is 9.59 Å². The van der Waals surface area contributed by atoms with E-state index >= 15 is 0 Å². The Morgan fingerprint density at radius 3 is 2.75 bits per heavy atom. The molecule has 0 amide bonds. The maximum absolute atomic E-state index is 11.5. The maximum atomic E-state index is 11.5. The molecule has 1 aromatic carbocycles. The molecule has 2 atom stereocenters. The van der Waals surface area contributed by atoms with Crippen molar-refractivity contribution in [1.29, 1.82) is 0 Å². The van der Waals surface area contributed by atoms with Gasteiger partial charge >= 0.3 is 5.97 Å². The Morgan fingerprint density at radius 2 is 2.10 bits per heavy atom. The third-order valence-corrected chi connectivity index (χ3v) is 3.78. The number of rotatable bonds is 4. The number of ketones is 1. The van der Waals surface area contributed by atoms with Crippen molar-refractivity contribution >= 4 is 24.2 Å². The highest BCUT2D eigenvalue weighted by molar-refractivity contribution is 6.00. The normalized spacial score (nSPS) is 16.1. The van der Waals surface area contributed by atoms with E-state index in [4.69, 9.17) is 10.5 Å². The number of aryl methyl sites for hydroxylation is 1. The standard InChI is InChI=1S/C15H19NO3.ClH/c1-9(15(18)19-2)13(16)8-10-3-5-12-11(7-10)4-6-14(12)17;/h3,5,7,9,13H,4,6,8,16H2,1-2H3;1H. The highest BCUT2D eigenvalue weighted by Gasteiger charge is 2.23. The molecule has 1 aliphatic carbocycles. The minimum Gasteiger partial charge on any atom is -0.469 e. The Bertz CT molecular complexity index is 516. The zero-order valence-electron chi connectivity index (χ0n) is 11.7. The van der Waals surface area contributed by atoms with E-state index in [2.05, 4.69) is 0 Å². The first-order valence-corrected chi connectivity index (χ1v) is 6.51. The number of hydrogen-bond acceptors (Lipinski definition) is 4. The number of fused-ring (bicyclic) bond motifs is 1. The Morgan fingerprint density at radius 1 is 1.40 bits per heavy atom. The molecule has 0 saturated heterocycles. The largest absolute Gasteiger partial charge is 0.469 e. The molecule has 0 aromatic heterocycles. The maximum Gasteiger partial charge on any atom is 0.309 e. The van der Waals surface area contributed by atoms with Crippen LogP contribution < -0.4 is 5.73 Å². The lowest BCUT2D eigenvalue weighted by atomic mass is 9.94. The van der Waals surface area contributed by atoms with Crippen molar-refractivity contribution in [1.82, 2.24) is 0 Å². The Kier molecular flexibility index (Phi) is 5.72. The lowest BCUT2D eigenvalue weighted by Crippen LogP contribution is -2.36. The van der Waals surface area contributed by atoms with E-state index in [-0.39, 0.29) is 36.1 Å². The zero-order chi connectivity index (χ0) is 14.0. The van der Waals surface area contributed by atoms with E-state index in [1.54, 1.807) is 6.92 Å². The lowest BCUT2D eigenvalue weighted by molar-refractivity contribution is -0.145.